The monoisotopic (exact) mass is 442 g/mol. The van der Waals surface area contributed by atoms with Crippen LogP contribution in [0.5, 0.6) is 0 Å². The largest absolute Gasteiger partial charge is 0.273 e. The van der Waals surface area contributed by atoms with E-state index in [0.717, 1.165) is 28.7 Å². The SMILES string of the molecule is O=C(N/N=C(/C=C/c1ccccc1)c1ccccc1)[C@@H]1CC1(c1ccccc1)c1ccccc1. The maximum Gasteiger partial charge on any atom is 0.244 e. The van der Waals surface area contributed by atoms with Crippen LogP contribution in [0.25, 0.3) is 6.08 Å². The number of hydrogen-bond donors (Lipinski definition) is 1. The molecular formula is C31H26N2O. The molecule has 4 aromatic carbocycles. The first-order chi connectivity index (χ1) is 16.8. The van der Waals surface area contributed by atoms with Gasteiger partial charge < -0.3 is 0 Å². The smallest absolute Gasteiger partial charge is 0.244 e. The maximum absolute atomic E-state index is 13.3. The molecule has 0 aliphatic heterocycles. The lowest BCUT2D eigenvalue weighted by atomic mass is 9.85. The Morgan fingerprint density at radius 1 is 0.735 bits per heavy atom. The summed E-state index contributed by atoms with van der Waals surface area (Å²) in [7, 11) is 0. The van der Waals surface area contributed by atoms with E-state index in [1.54, 1.807) is 0 Å². The van der Waals surface area contributed by atoms with Crippen molar-refractivity contribution in [2.24, 2.45) is 11.0 Å². The first kappa shape index (κ1) is 21.6. The van der Waals surface area contributed by atoms with Gasteiger partial charge in [-0.25, -0.2) is 5.43 Å². The molecule has 4 aromatic rings. The summed E-state index contributed by atoms with van der Waals surface area (Å²) >= 11 is 0. The van der Waals surface area contributed by atoms with Crippen molar-refractivity contribution in [1.29, 1.82) is 0 Å². The predicted octanol–water partition coefficient (Wildman–Crippen LogP) is 6.23. The van der Waals surface area contributed by atoms with Crippen molar-refractivity contribution < 1.29 is 4.79 Å². The average molecular weight is 443 g/mol. The van der Waals surface area contributed by atoms with Gasteiger partial charge in [0.15, 0.2) is 0 Å². The van der Waals surface area contributed by atoms with Crippen LogP contribution >= 0.6 is 0 Å². The predicted molar refractivity (Wildman–Crippen MR) is 138 cm³/mol. The first-order valence-corrected chi connectivity index (χ1v) is 11.5. The number of hydrazone groups is 1. The van der Waals surface area contributed by atoms with Gasteiger partial charge in [0.25, 0.3) is 0 Å². The van der Waals surface area contributed by atoms with Crippen molar-refractivity contribution in [3.8, 4) is 0 Å². The van der Waals surface area contributed by atoms with Crippen LogP contribution in [-0.2, 0) is 10.2 Å². The minimum Gasteiger partial charge on any atom is -0.273 e. The van der Waals surface area contributed by atoms with E-state index >= 15 is 0 Å². The summed E-state index contributed by atoms with van der Waals surface area (Å²) in [5.41, 5.74) is 7.62. The molecule has 34 heavy (non-hydrogen) atoms. The van der Waals surface area contributed by atoms with E-state index in [1.807, 2.05) is 109 Å². The Labute approximate surface area is 200 Å². The summed E-state index contributed by atoms with van der Waals surface area (Å²) in [6, 6.07) is 40.6. The van der Waals surface area contributed by atoms with E-state index in [1.165, 1.54) is 0 Å². The lowest BCUT2D eigenvalue weighted by Crippen LogP contribution is -2.26. The summed E-state index contributed by atoms with van der Waals surface area (Å²) in [5, 5.41) is 4.55. The van der Waals surface area contributed by atoms with Crippen LogP contribution in [0, 0.1) is 5.92 Å². The molecule has 0 spiro atoms. The molecule has 0 radical (unpaired) electrons. The topological polar surface area (TPSA) is 41.5 Å². The van der Waals surface area contributed by atoms with E-state index in [0.29, 0.717) is 5.71 Å². The molecule has 1 atom stereocenters. The van der Waals surface area contributed by atoms with E-state index in [9.17, 15) is 4.79 Å². The van der Waals surface area contributed by atoms with Crippen LogP contribution < -0.4 is 5.43 Å². The quantitative estimate of drug-likeness (QED) is 0.268. The highest BCUT2D eigenvalue weighted by atomic mass is 16.2. The Morgan fingerprint density at radius 3 is 1.79 bits per heavy atom. The molecule has 1 aliphatic carbocycles. The molecule has 5 rings (SSSR count). The van der Waals surface area contributed by atoms with E-state index in [4.69, 9.17) is 0 Å². The number of carbonyl (C=O) groups excluding carboxylic acids is 1. The summed E-state index contributed by atoms with van der Waals surface area (Å²) in [6.07, 6.45) is 4.72. The fourth-order valence-corrected chi connectivity index (χ4v) is 4.59. The Morgan fingerprint density at radius 2 is 1.24 bits per heavy atom. The van der Waals surface area contributed by atoms with Crippen molar-refractivity contribution >= 4 is 17.7 Å². The molecule has 166 valence electrons. The molecule has 0 heterocycles. The first-order valence-electron chi connectivity index (χ1n) is 11.5. The maximum atomic E-state index is 13.3. The van der Waals surface area contributed by atoms with Gasteiger partial charge in [0, 0.05) is 11.0 Å². The number of benzene rings is 4. The number of nitrogens with zero attached hydrogens (tertiary/aromatic N) is 1. The zero-order valence-electron chi connectivity index (χ0n) is 18.8. The molecular weight excluding hydrogens is 416 g/mol. The van der Waals surface area contributed by atoms with Crippen molar-refractivity contribution in [3.05, 3.63) is 150 Å². The van der Waals surface area contributed by atoms with Crippen molar-refractivity contribution in [3.63, 3.8) is 0 Å². The molecule has 1 fully saturated rings. The van der Waals surface area contributed by atoms with Crippen LogP contribution in [0.3, 0.4) is 0 Å². The van der Waals surface area contributed by atoms with E-state index in [-0.39, 0.29) is 17.2 Å². The van der Waals surface area contributed by atoms with Gasteiger partial charge in [-0.1, -0.05) is 127 Å². The van der Waals surface area contributed by atoms with Gasteiger partial charge in [-0.15, -0.1) is 0 Å². The van der Waals surface area contributed by atoms with Gasteiger partial charge in [-0.3, -0.25) is 4.79 Å². The van der Waals surface area contributed by atoms with Crippen LogP contribution in [-0.4, -0.2) is 11.6 Å². The number of allylic oxidation sites excluding steroid dienone is 1. The minimum atomic E-state index is -0.311. The highest BCUT2D eigenvalue weighted by Gasteiger charge is 2.60. The summed E-state index contributed by atoms with van der Waals surface area (Å²) in [4.78, 5) is 13.3. The lowest BCUT2D eigenvalue weighted by Gasteiger charge is -2.18. The zero-order valence-corrected chi connectivity index (χ0v) is 18.8. The number of hydrogen-bond acceptors (Lipinski definition) is 2. The van der Waals surface area contributed by atoms with Gasteiger partial charge in [-0.05, 0) is 29.2 Å². The number of carbonyl (C=O) groups is 1. The molecule has 1 saturated carbocycles. The third-order valence-corrected chi connectivity index (χ3v) is 6.44. The summed E-state index contributed by atoms with van der Waals surface area (Å²) in [5.74, 6) is -0.231. The van der Waals surface area contributed by atoms with Crippen molar-refractivity contribution in [1.82, 2.24) is 5.43 Å². The van der Waals surface area contributed by atoms with Gasteiger partial charge in [0.05, 0.1) is 11.6 Å². The Kier molecular flexibility index (Phi) is 6.17. The normalized spacial score (nSPS) is 16.8. The second kappa shape index (κ2) is 9.72. The van der Waals surface area contributed by atoms with Crippen LogP contribution in [0.4, 0.5) is 0 Å². The van der Waals surface area contributed by atoms with Gasteiger partial charge in [0.1, 0.15) is 0 Å². The van der Waals surface area contributed by atoms with E-state index < -0.39 is 0 Å². The molecule has 3 nitrogen and oxygen atoms in total. The summed E-state index contributed by atoms with van der Waals surface area (Å²) < 4.78 is 0. The highest BCUT2D eigenvalue weighted by Crippen LogP contribution is 2.58. The third-order valence-electron chi connectivity index (χ3n) is 6.44. The molecule has 1 N–H and O–H groups in total. The molecule has 1 amide bonds. The number of rotatable bonds is 7. The zero-order chi connectivity index (χ0) is 23.2. The molecule has 0 bridgehead atoms. The second-order valence-corrected chi connectivity index (χ2v) is 8.54. The lowest BCUT2D eigenvalue weighted by molar-refractivity contribution is -0.122. The molecule has 1 aliphatic rings. The fourth-order valence-electron chi connectivity index (χ4n) is 4.59. The summed E-state index contributed by atoms with van der Waals surface area (Å²) in [6.45, 7) is 0. The van der Waals surface area contributed by atoms with Crippen LogP contribution in [0.15, 0.2) is 133 Å². The standard InChI is InChI=1S/C31H26N2O/c34-30(28-23-31(28,26-17-9-3-10-18-26)27-19-11-4-12-20-27)33-32-29(25-15-7-2-8-16-25)22-21-24-13-5-1-6-14-24/h1-22,28H,23H2,(H,33,34)/b22-21+,32-29-/t28-/m0/s1. The van der Waals surface area contributed by atoms with E-state index in [2.05, 4.69) is 34.8 Å². The van der Waals surface area contributed by atoms with Crippen LogP contribution in [0.2, 0.25) is 0 Å². The third kappa shape index (κ3) is 4.46. The molecule has 0 saturated heterocycles. The van der Waals surface area contributed by atoms with Crippen LogP contribution in [0.1, 0.15) is 28.7 Å². The molecule has 0 unspecified atom stereocenters. The fraction of sp³-hybridized carbons (Fsp3) is 0.0968. The molecule has 0 aromatic heterocycles. The minimum absolute atomic E-state index is 0.0609. The Hall–Kier alpha value is -4.24. The Bertz CT molecular complexity index is 1260. The highest BCUT2D eigenvalue weighted by molar-refractivity contribution is 6.11. The molecule has 3 heteroatoms. The number of amides is 1. The van der Waals surface area contributed by atoms with Gasteiger partial charge in [0.2, 0.25) is 5.91 Å². The Balaban J connectivity index is 1.41. The van der Waals surface area contributed by atoms with Crippen molar-refractivity contribution in [2.75, 3.05) is 0 Å². The van der Waals surface area contributed by atoms with Gasteiger partial charge >= 0.3 is 0 Å². The average Bonchev–Trinajstić information content (AvgIpc) is 3.68. The second-order valence-electron chi connectivity index (χ2n) is 8.54. The van der Waals surface area contributed by atoms with Crippen molar-refractivity contribution in [2.45, 2.75) is 11.8 Å². The number of nitrogens with one attached hydrogen (secondary N) is 1. The van der Waals surface area contributed by atoms with Gasteiger partial charge in [-0.2, -0.15) is 5.10 Å².